The Balaban J connectivity index is 1.80. The van der Waals surface area contributed by atoms with Crippen LogP contribution in [0.5, 0.6) is 0 Å². The molecule has 1 unspecified atom stereocenters. The first kappa shape index (κ1) is 18.4. The maximum absolute atomic E-state index is 11.8. The fourth-order valence-corrected chi connectivity index (χ4v) is 5.05. The molecule has 1 fully saturated rings. The standard InChI is InChI=1S/C17H24N4O2S2/c1-12(2)7-17-19-10-16(24-17)15-9-18-8-14(20-15)13-5-4-6-21(11-13)25(3,22)23/h8-10,12-13H,4-7,11H2,1-3H3. The van der Waals surface area contributed by atoms with Crippen LogP contribution < -0.4 is 0 Å². The third-order valence-electron chi connectivity index (χ3n) is 4.31. The SMILES string of the molecule is CC(C)Cc1ncc(-c2cncc(C3CCCN(S(C)(=O)=O)C3)n2)s1. The molecule has 2 aromatic rings. The molecule has 1 aliphatic heterocycles. The number of hydrogen-bond acceptors (Lipinski definition) is 6. The zero-order valence-electron chi connectivity index (χ0n) is 14.8. The molecule has 0 amide bonds. The molecule has 2 aromatic heterocycles. The van der Waals surface area contributed by atoms with Crippen molar-refractivity contribution in [3.8, 4) is 10.6 Å². The molecule has 0 saturated carbocycles. The van der Waals surface area contributed by atoms with Gasteiger partial charge in [-0.2, -0.15) is 0 Å². The maximum Gasteiger partial charge on any atom is 0.211 e. The van der Waals surface area contributed by atoms with Gasteiger partial charge in [-0.1, -0.05) is 13.8 Å². The van der Waals surface area contributed by atoms with Crippen LogP contribution >= 0.6 is 11.3 Å². The van der Waals surface area contributed by atoms with E-state index in [4.69, 9.17) is 4.98 Å². The molecule has 0 aromatic carbocycles. The van der Waals surface area contributed by atoms with E-state index in [1.54, 1.807) is 28.0 Å². The first-order valence-electron chi connectivity index (χ1n) is 8.55. The lowest BCUT2D eigenvalue weighted by molar-refractivity contribution is 0.314. The topological polar surface area (TPSA) is 76.1 Å². The van der Waals surface area contributed by atoms with E-state index in [2.05, 4.69) is 23.8 Å². The second kappa shape index (κ2) is 7.47. The second-order valence-electron chi connectivity index (χ2n) is 7.01. The highest BCUT2D eigenvalue weighted by atomic mass is 32.2. The Morgan fingerprint density at radius 3 is 2.84 bits per heavy atom. The van der Waals surface area contributed by atoms with Gasteiger partial charge in [-0.05, 0) is 18.8 Å². The first-order valence-corrected chi connectivity index (χ1v) is 11.2. The number of thiazole rings is 1. The van der Waals surface area contributed by atoms with E-state index in [0.29, 0.717) is 19.0 Å². The molecule has 0 spiro atoms. The molecular formula is C17H24N4O2S2. The Labute approximate surface area is 153 Å². The summed E-state index contributed by atoms with van der Waals surface area (Å²) in [6.07, 6.45) is 9.39. The van der Waals surface area contributed by atoms with E-state index in [0.717, 1.165) is 40.5 Å². The van der Waals surface area contributed by atoms with Gasteiger partial charge in [0.05, 0.1) is 28.0 Å². The van der Waals surface area contributed by atoms with Gasteiger partial charge in [0.15, 0.2) is 0 Å². The quantitative estimate of drug-likeness (QED) is 0.797. The van der Waals surface area contributed by atoms with Crippen molar-refractivity contribution < 1.29 is 8.42 Å². The highest BCUT2D eigenvalue weighted by Gasteiger charge is 2.28. The minimum Gasteiger partial charge on any atom is -0.261 e. The van der Waals surface area contributed by atoms with Crippen LogP contribution in [0.15, 0.2) is 18.6 Å². The number of aromatic nitrogens is 3. The lowest BCUT2D eigenvalue weighted by Crippen LogP contribution is -2.38. The second-order valence-corrected chi connectivity index (χ2v) is 10.1. The summed E-state index contributed by atoms with van der Waals surface area (Å²) < 4.78 is 25.2. The van der Waals surface area contributed by atoms with Crippen molar-refractivity contribution in [2.45, 2.75) is 39.0 Å². The van der Waals surface area contributed by atoms with Crippen molar-refractivity contribution in [3.05, 3.63) is 29.3 Å². The Morgan fingerprint density at radius 2 is 2.12 bits per heavy atom. The Morgan fingerprint density at radius 1 is 1.32 bits per heavy atom. The molecule has 3 rings (SSSR count). The van der Waals surface area contributed by atoms with E-state index >= 15 is 0 Å². The van der Waals surface area contributed by atoms with Crippen molar-refractivity contribution in [3.63, 3.8) is 0 Å². The van der Waals surface area contributed by atoms with Gasteiger partial charge in [-0.15, -0.1) is 11.3 Å². The lowest BCUT2D eigenvalue weighted by atomic mass is 9.96. The van der Waals surface area contributed by atoms with Gasteiger partial charge in [0.2, 0.25) is 10.0 Å². The van der Waals surface area contributed by atoms with Crippen molar-refractivity contribution in [1.29, 1.82) is 0 Å². The summed E-state index contributed by atoms with van der Waals surface area (Å²) in [5.41, 5.74) is 1.69. The van der Waals surface area contributed by atoms with E-state index in [1.807, 2.05) is 6.20 Å². The van der Waals surface area contributed by atoms with Crippen molar-refractivity contribution in [2.24, 2.45) is 5.92 Å². The van der Waals surface area contributed by atoms with Crippen LogP contribution in [0.2, 0.25) is 0 Å². The lowest BCUT2D eigenvalue weighted by Gasteiger charge is -2.30. The average Bonchev–Trinajstić information content (AvgIpc) is 3.02. The average molecular weight is 381 g/mol. The van der Waals surface area contributed by atoms with Gasteiger partial charge >= 0.3 is 0 Å². The third kappa shape index (κ3) is 4.62. The van der Waals surface area contributed by atoms with E-state index in [9.17, 15) is 8.42 Å². The molecule has 0 bridgehead atoms. The number of hydrogen-bond donors (Lipinski definition) is 0. The summed E-state index contributed by atoms with van der Waals surface area (Å²) >= 11 is 1.65. The fraction of sp³-hybridized carbons (Fsp3) is 0.588. The smallest absolute Gasteiger partial charge is 0.211 e. The van der Waals surface area contributed by atoms with E-state index in [-0.39, 0.29) is 5.92 Å². The fourth-order valence-electron chi connectivity index (χ4n) is 3.05. The summed E-state index contributed by atoms with van der Waals surface area (Å²) in [5, 5.41) is 1.11. The molecule has 6 nitrogen and oxygen atoms in total. The zero-order chi connectivity index (χ0) is 18.0. The van der Waals surface area contributed by atoms with E-state index in [1.165, 1.54) is 6.26 Å². The summed E-state index contributed by atoms with van der Waals surface area (Å²) in [5.74, 6) is 0.666. The van der Waals surface area contributed by atoms with Crippen molar-refractivity contribution >= 4 is 21.4 Å². The Bertz CT molecular complexity index is 833. The molecule has 0 aliphatic carbocycles. The number of rotatable bonds is 5. The van der Waals surface area contributed by atoms with Crippen LogP contribution in [0.25, 0.3) is 10.6 Å². The van der Waals surface area contributed by atoms with Crippen LogP contribution in [-0.2, 0) is 16.4 Å². The number of piperidine rings is 1. The van der Waals surface area contributed by atoms with Crippen LogP contribution in [0, 0.1) is 5.92 Å². The summed E-state index contributed by atoms with van der Waals surface area (Å²) in [6, 6.07) is 0. The Kier molecular flexibility index (Phi) is 5.50. The predicted molar refractivity (Wildman–Crippen MR) is 100 cm³/mol. The van der Waals surface area contributed by atoms with Crippen LogP contribution in [-0.4, -0.2) is 47.0 Å². The zero-order valence-corrected chi connectivity index (χ0v) is 16.5. The Hall–Kier alpha value is -1.38. The van der Waals surface area contributed by atoms with Crippen LogP contribution in [0.3, 0.4) is 0 Å². The van der Waals surface area contributed by atoms with Crippen LogP contribution in [0.4, 0.5) is 0 Å². The minimum atomic E-state index is -3.16. The predicted octanol–water partition coefficient (Wildman–Crippen LogP) is 2.94. The highest BCUT2D eigenvalue weighted by molar-refractivity contribution is 7.88. The highest BCUT2D eigenvalue weighted by Crippen LogP contribution is 2.30. The minimum absolute atomic E-state index is 0.0963. The number of nitrogens with zero attached hydrogens (tertiary/aromatic N) is 4. The van der Waals surface area contributed by atoms with E-state index < -0.39 is 10.0 Å². The van der Waals surface area contributed by atoms with Gasteiger partial charge < -0.3 is 0 Å². The van der Waals surface area contributed by atoms with Crippen molar-refractivity contribution in [2.75, 3.05) is 19.3 Å². The normalized spacial score (nSPS) is 19.4. The first-order chi connectivity index (χ1) is 11.8. The monoisotopic (exact) mass is 380 g/mol. The molecule has 25 heavy (non-hydrogen) atoms. The molecule has 0 N–H and O–H groups in total. The van der Waals surface area contributed by atoms with Gasteiger partial charge in [0.25, 0.3) is 0 Å². The van der Waals surface area contributed by atoms with Gasteiger partial charge in [0.1, 0.15) is 5.69 Å². The molecule has 3 heterocycles. The molecule has 0 radical (unpaired) electrons. The van der Waals surface area contributed by atoms with Gasteiger partial charge in [-0.25, -0.2) is 22.7 Å². The van der Waals surface area contributed by atoms with Crippen molar-refractivity contribution in [1.82, 2.24) is 19.3 Å². The van der Waals surface area contributed by atoms with Crippen LogP contribution in [0.1, 0.15) is 43.3 Å². The largest absolute Gasteiger partial charge is 0.261 e. The molecule has 1 atom stereocenters. The summed E-state index contributed by atoms with van der Waals surface area (Å²) in [7, 11) is -3.16. The molecule has 1 saturated heterocycles. The molecule has 1 aliphatic rings. The van der Waals surface area contributed by atoms with Gasteiger partial charge in [-0.3, -0.25) is 4.98 Å². The summed E-state index contributed by atoms with van der Waals surface area (Å²) in [4.78, 5) is 14.6. The summed E-state index contributed by atoms with van der Waals surface area (Å²) in [6.45, 7) is 5.43. The molecular weight excluding hydrogens is 356 g/mol. The van der Waals surface area contributed by atoms with Gasteiger partial charge in [0, 0.05) is 37.8 Å². The maximum atomic E-state index is 11.8. The third-order valence-corrected chi connectivity index (χ3v) is 6.63. The number of sulfonamides is 1. The molecule has 136 valence electrons. The molecule has 8 heteroatoms.